The molecule has 77 valence electrons. The largest absolute Gasteiger partial charge is 0.0654 e. The lowest BCUT2D eigenvalue weighted by atomic mass is 9.91. The van der Waals surface area contributed by atoms with Crippen LogP contribution in [0.25, 0.3) is 0 Å². The summed E-state index contributed by atoms with van der Waals surface area (Å²) in [4.78, 5) is 0. The van der Waals surface area contributed by atoms with Crippen LogP contribution in [0.5, 0.6) is 0 Å². The Kier molecular flexibility index (Phi) is 5.36. The average Bonchev–Trinajstić information content (AvgIpc) is 2.20. The molecule has 0 bridgehead atoms. The molecule has 0 N–H and O–H groups in total. The van der Waals surface area contributed by atoms with Gasteiger partial charge in [0.2, 0.25) is 0 Å². The summed E-state index contributed by atoms with van der Waals surface area (Å²) in [5, 5.41) is 0. The zero-order valence-electron chi connectivity index (χ0n) is 9.42. The minimum absolute atomic E-state index is 0.882. The van der Waals surface area contributed by atoms with E-state index in [1.165, 1.54) is 37.7 Å². The Morgan fingerprint density at radius 2 is 1.64 bits per heavy atom. The highest BCUT2D eigenvalue weighted by Crippen LogP contribution is 2.18. The quantitative estimate of drug-likeness (QED) is 0.627. The maximum Gasteiger partial charge on any atom is -0.0184 e. The van der Waals surface area contributed by atoms with Crippen molar-refractivity contribution in [3.05, 3.63) is 35.9 Å². The van der Waals surface area contributed by atoms with E-state index in [1.807, 2.05) is 12.1 Å². The van der Waals surface area contributed by atoms with E-state index in [0.717, 1.165) is 5.92 Å². The fraction of sp³-hybridized carbons (Fsp3) is 0.571. The second-order valence-electron chi connectivity index (χ2n) is 4.06. The molecule has 0 heterocycles. The minimum Gasteiger partial charge on any atom is -0.0654 e. The Morgan fingerprint density at radius 1 is 1.07 bits per heavy atom. The van der Waals surface area contributed by atoms with Crippen LogP contribution in [0, 0.1) is 12.0 Å². The van der Waals surface area contributed by atoms with Crippen molar-refractivity contribution in [2.75, 3.05) is 0 Å². The smallest absolute Gasteiger partial charge is 0.0184 e. The molecular weight excluding hydrogens is 168 g/mol. The van der Waals surface area contributed by atoms with Gasteiger partial charge < -0.3 is 0 Å². The van der Waals surface area contributed by atoms with E-state index in [0.29, 0.717) is 0 Å². The molecule has 0 aliphatic rings. The van der Waals surface area contributed by atoms with Gasteiger partial charge in [0, 0.05) is 0 Å². The van der Waals surface area contributed by atoms with E-state index in [4.69, 9.17) is 0 Å². The van der Waals surface area contributed by atoms with Gasteiger partial charge in [-0.1, -0.05) is 63.8 Å². The first-order valence-electron chi connectivity index (χ1n) is 5.81. The first kappa shape index (κ1) is 11.3. The van der Waals surface area contributed by atoms with E-state index in [-0.39, 0.29) is 0 Å². The summed E-state index contributed by atoms with van der Waals surface area (Å²) in [5.41, 5.74) is 1.47. The molecule has 1 aromatic carbocycles. The lowest BCUT2D eigenvalue weighted by Gasteiger charge is -2.14. The molecule has 1 rings (SSSR count). The molecule has 0 saturated heterocycles. The Hall–Kier alpha value is -0.780. The van der Waals surface area contributed by atoms with Crippen LogP contribution in [-0.2, 0) is 6.42 Å². The Morgan fingerprint density at radius 3 is 2.14 bits per heavy atom. The van der Waals surface area contributed by atoms with Gasteiger partial charge in [0.15, 0.2) is 0 Å². The summed E-state index contributed by atoms with van der Waals surface area (Å²) in [5.74, 6) is 0.882. The fourth-order valence-electron chi connectivity index (χ4n) is 2.06. The number of hydrogen-bond acceptors (Lipinski definition) is 0. The molecule has 0 heteroatoms. The van der Waals surface area contributed by atoms with Gasteiger partial charge in [0.25, 0.3) is 0 Å². The molecule has 0 aliphatic carbocycles. The molecule has 0 atom stereocenters. The highest BCUT2D eigenvalue weighted by molar-refractivity contribution is 5.14. The molecule has 0 fully saturated rings. The van der Waals surface area contributed by atoms with Gasteiger partial charge in [-0.3, -0.25) is 0 Å². The third kappa shape index (κ3) is 3.95. The monoisotopic (exact) mass is 189 g/mol. The van der Waals surface area contributed by atoms with E-state index in [2.05, 4.69) is 32.0 Å². The minimum atomic E-state index is 0.882. The molecule has 0 spiro atoms. The van der Waals surface area contributed by atoms with Crippen molar-refractivity contribution in [3.63, 3.8) is 0 Å². The van der Waals surface area contributed by atoms with Crippen molar-refractivity contribution in [1.82, 2.24) is 0 Å². The molecule has 14 heavy (non-hydrogen) atoms. The standard InChI is InChI=1S/C14H21/c1-3-8-13(9-4-2)12-14-10-6-5-7-11-14/h6-7,10-11,13H,3-4,8-9,12H2,1-2H3. The van der Waals surface area contributed by atoms with Gasteiger partial charge in [-0.2, -0.15) is 0 Å². The first-order valence-corrected chi connectivity index (χ1v) is 5.81. The molecule has 0 saturated carbocycles. The van der Waals surface area contributed by atoms with Crippen molar-refractivity contribution in [1.29, 1.82) is 0 Å². The molecule has 0 amide bonds. The van der Waals surface area contributed by atoms with Crippen LogP contribution in [0.3, 0.4) is 0 Å². The highest BCUT2D eigenvalue weighted by Gasteiger charge is 2.06. The predicted octanol–water partition coefficient (Wildman–Crippen LogP) is 4.25. The second kappa shape index (κ2) is 6.64. The summed E-state index contributed by atoms with van der Waals surface area (Å²) in [6.07, 6.45) is 6.60. The van der Waals surface area contributed by atoms with E-state index in [9.17, 15) is 0 Å². The summed E-state index contributed by atoms with van der Waals surface area (Å²) < 4.78 is 0. The average molecular weight is 189 g/mol. The van der Waals surface area contributed by atoms with Gasteiger partial charge in [0.05, 0.1) is 0 Å². The third-order valence-corrected chi connectivity index (χ3v) is 2.71. The maximum atomic E-state index is 3.07. The number of benzene rings is 1. The predicted molar refractivity (Wildman–Crippen MR) is 62.3 cm³/mol. The van der Waals surface area contributed by atoms with Crippen LogP contribution in [0.15, 0.2) is 24.3 Å². The van der Waals surface area contributed by atoms with E-state index < -0.39 is 0 Å². The van der Waals surface area contributed by atoms with E-state index >= 15 is 0 Å². The van der Waals surface area contributed by atoms with Crippen LogP contribution < -0.4 is 0 Å². The van der Waals surface area contributed by atoms with Gasteiger partial charge in [-0.25, -0.2) is 0 Å². The van der Waals surface area contributed by atoms with Crippen LogP contribution in [0.2, 0.25) is 0 Å². The van der Waals surface area contributed by atoms with Gasteiger partial charge in [-0.15, -0.1) is 0 Å². The molecule has 0 nitrogen and oxygen atoms in total. The second-order valence-corrected chi connectivity index (χ2v) is 4.06. The van der Waals surface area contributed by atoms with Crippen LogP contribution in [-0.4, -0.2) is 0 Å². The molecular formula is C14H21. The Labute approximate surface area is 88.4 Å². The molecule has 0 unspecified atom stereocenters. The van der Waals surface area contributed by atoms with Gasteiger partial charge in [0.1, 0.15) is 0 Å². The summed E-state index contributed by atoms with van der Waals surface area (Å²) >= 11 is 0. The molecule has 0 aliphatic heterocycles. The fourth-order valence-corrected chi connectivity index (χ4v) is 2.06. The first-order chi connectivity index (χ1) is 6.86. The molecule has 1 radical (unpaired) electrons. The molecule has 0 aromatic heterocycles. The zero-order valence-corrected chi connectivity index (χ0v) is 9.42. The normalized spacial score (nSPS) is 10.8. The molecule has 1 aromatic rings. The number of hydrogen-bond donors (Lipinski definition) is 0. The van der Waals surface area contributed by atoms with Crippen molar-refractivity contribution in [2.24, 2.45) is 5.92 Å². The van der Waals surface area contributed by atoms with Crippen molar-refractivity contribution >= 4 is 0 Å². The highest BCUT2D eigenvalue weighted by atomic mass is 14.1. The van der Waals surface area contributed by atoms with Crippen LogP contribution in [0.1, 0.15) is 45.1 Å². The summed E-state index contributed by atoms with van der Waals surface area (Å²) in [6.45, 7) is 4.56. The zero-order chi connectivity index (χ0) is 10.2. The third-order valence-electron chi connectivity index (χ3n) is 2.71. The SMILES string of the molecule is CCCC(CCC)Cc1cc[c]cc1. The lowest BCUT2D eigenvalue weighted by molar-refractivity contribution is 0.438. The summed E-state index contributed by atoms with van der Waals surface area (Å²) in [6, 6.07) is 11.5. The van der Waals surface area contributed by atoms with Crippen molar-refractivity contribution in [3.8, 4) is 0 Å². The lowest BCUT2D eigenvalue weighted by Crippen LogP contribution is -2.03. The maximum absolute atomic E-state index is 3.07. The number of rotatable bonds is 6. The Balaban J connectivity index is 2.46. The van der Waals surface area contributed by atoms with Crippen LogP contribution in [0.4, 0.5) is 0 Å². The summed E-state index contributed by atoms with van der Waals surface area (Å²) in [7, 11) is 0. The van der Waals surface area contributed by atoms with Gasteiger partial charge >= 0.3 is 0 Å². The van der Waals surface area contributed by atoms with E-state index in [1.54, 1.807) is 0 Å². The topological polar surface area (TPSA) is 0 Å². The Bertz CT molecular complexity index is 219. The van der Waals surface area contributed by atoms with Crippen molar-refractivity contribution < 1.29 is 0 Å². The van der Waals surface area contributed by atoms with Crippen molar-refractivity contribution in [2.45, 2.75) is 46.0 Å². The van der Waals surface area contributed by atoms with Crippen LogP contribution >= 0.6 is 0 Å². The van der Waals surface area contributed by atoms with Gasteiger partial charge in [-0.05, 0) is 24.0 Å².